The molecule has 2 aromatic rings. The average molecular weight is 608 g/mol. The highest BCUT2D eigenvalue weighted by atomic mass is 16.5. The van der Waals surface area contributed by atoms with Crippen molar-refractivity contribution in [1.29, 1.82) is 0 Å². The fraction of sp³-hybridized carbons (Fsp3) is 0.455. The quantitative estimate of drug-likeness (QED) is 0.229. The minimum atomic E-state index is -0.680. The first-order valence-electron chi connectivity index (χ1n) is 14.7. The summed E-state index contributed by atoms with van der Waals surface area (Å²) in [4.78, 5) is 77.4. The molecule has 1 aliphatic rings. The fourth-order valence-electron chi connectivity index (χ4n) is 5.32. The molecule has 0 spiro atoms. The van der Waals surface area contributed by atoms with Crippen LogP contribution in [0.3, 0.4) is 0 Å². The summed E-state index contributed by atoms with van der Waals surface area (Å²) in [6, 6.07) is 8.50. The summed E-state index contributed by atoms with van der Waals surface area (Å²) < 4.78 is 9.70. The number of fused-ring (bicyclic) bond motifs is 2. The molecule has 2 amide bonds. The lowest BCUT2D eigenvalue weighted by Crippen LogP contribution is -2.42. The fourth-order valence-corrected chi connectivity index (χ4v) is 5.32. The van der Waals surface area contributed by atoms with Gasteiger partial charge < -0.3 is 20.1 Å². The van der Waals surface area contributed by atoms with E-state index in [4.69, 9.17) is 9.47 Å². The Morgan fingerprint density at radius 1 is 0.705 bits per heavy atom. The van der Waals surface area contributed by atoms with Crippen LogP contribution in [0, 0.1) is 17.8 Å². The number of hydrogen-bond acceptors (Lipinski definition) is 9. The van der Waals surface area contributed by atoms with E-state index in [0.717, 1.165) is 0 Å². The normalized spacial score (nSPS) is 13.5. The van der Waals surface area contributed by atoms with Crippen molar-refractivity contribution >= 4 is 46.7 Å². The molecule has 0 aliphatic heterocycles. The van der Waals surface area contributed by atoms with Gasteiger partial charge in [0.25, 0.3) is 0 Å². The number of hydrogen-bond donors (Lipinski definition) is 3. The predicted molar refractivity (Wildman–Crippen MR) is 164 cm³/mol. The molecule has 0 aromatic heterocycles. The van der Waals surface area contributed by atoms with Crippen LogP contribution in [0.2, 0.25) is 0 Å². The van der Waals surface area contributed by atoms with Crippen LogP contribution in [0.5, 0.6) is 0 Å². The smallest absolute Gasteiger partial charge is 0.322 e. The molecule has 0 saturated carbocycles. The van der Waals surface area contributed by atoms with Crippen LogP contribution < -0.4 is 16.0 Å². The summed E-state index contributed by atoms with van der Waals surface area (Å²) in [5.74, 6) is -2.75. The van der Waals surface area contributed by atoms with Crippen LogP contribution in [0.1, 0.15) is 85.2 Å². The van der Waals surface area contributed by atoms with Crippen LogP contribution >= 0.6 is 0 Å². The number of rotatable bonds is 14. The molecule has 3 rings (SSSR count). The summed E-state index contributed by atoms with van der Waals surface area (Å²) >= 11 is 0. The number of ether oxygens (including phenoxy) is 2. The number of carbonyl (C=O) groups is 6. The molecule has 0 unspecified atom stereocenters. The lowest BCUT2D eigenvalue weighted by atomic mass is 9.82. The molecule has 44 heavy (non-hydrogen) atoms. The number of carbonyl (C=O) groups excluding carboxylic acids is 6. The van der Waals surface area contributed by atoms with Crippen molar-refractivity contribution in [3.8, 4) is 0 Å². The van der Waals surface area contributed by atoms with Gasteiger partial charge in [0.05, 0.1) is 49.2 Å². The molecule has 1 aliphatic carbocycles. The standard InChI is InChI=1S/C33H41N3O8/c1-18(2)15-20(32(41)43-5)13-14-26(37)35-23-11-7-9-21-28(23)30(39)22-10-8-12-24(29(22)31(21)40)36-27(38)17-34-25(16-19(3)4)33(42)44-6/h7-12,18-20,25,34H,13-17H2,1-6H3,(H,35,37)(H,36,38)/t20-,25-/m0/s1. The number of ketones is 2. The molecule has 0 fully saturated rings. The minimum Gasteiger partial charge on any atom is -0.469 e. The van der Waals surface area contributed by atoms with E-state index in [1.165, 1.54) is 32.4 Å². The Hall–Kier alpha value is -4.38. The Balaban J connectivity index is 1.78. The highest BCUT2D eigenvalue weighted by Crippen LogP contribution is 2.35. The molecule has 3 N–H and O–H groups in total. The Kier molecular flexibility index (Phi) is 11.9. The third-order valence-corrected chi connectivity index (χ3v) is 7.33. The van der Waals surface area contributed by atoms with E-state index in [1.807, 2.05) is 27.7 Å². The maximum Gasteiger partial charge on any atom is 0.322 e. The summed E-state index contributed by atoms with van der Waals surface area (Å²) in [7, 11) is 2.59. The van der Waals surface area contributed by atoms with Crippen molar-refractivity contribution in [2.45, 2.75) is 59.4 Å². The number of anilines is 2. The van der Waals surface area contributed by atoms with Crippen LogP contribution in [-0.4, -0.2) is 62.1 Å². The summed E-state index contributed by atoms with van der Waals surface area (Å²) in [5.41, 5.74) is 0.630. The minimum absolute atomic E-state index is 0.0209. The molecule has 2 atom stereocenters. The highest BCUT2D eigenvalue weighted by Gasteiger charge is 2.34. The first-order chi connectivity index (χ1) is 20.9. The molecule has 11 heteroatoms. The molecule has 0 radical (unpaired) electrons. The maximum atomic E-state index is 13.7. The van der Waals surface area contributed by atoms with E-state index < -0.39 is 41.3 Å². The van der Waals surface area contributed by atoms with Gasteiger partial charge in [0.2, 0.25) is 11.8 Å². The van der Waals surface area contributed by atoms with Crippen molar-refractivity contribution in [3.63, 3.8) is 0 Å². The highest BCUT2D eigenvalue weighted by molar-refractivity contribution is 6.32. The van der Waals surface area contributed by atoms with E-state index in [-0.39, 0.29) is 70.8 Å². The summed E-state index contributed by atoms with van der Waals surface area (Å²) in [6.07, 6.45) is 1.33. The van der Waals surface area contributed by atoms with Crippen LogP contribution in [0.15, 0.2) is 36.4 Å². The van der Waals surface area contributed by atoms with E-state index in [1.54, 1.807) is 18.2 Å². The van der Waals surface area contributed by atoms with Gasteiger partial charge in [-0.2, -0.15) is 0 Å². The largest absolute Gasteiger partial charge is 0.469 e. The number of esters is 2. The predicted octanol–water partition coefficient (Wildman–Crippen LogP) is 4.13. The molecule has 11 nitrogen and oxygen atoms in total. The third-order valence-electron chi connectivity index (χ3n) is 7.33. The van der Waals surface area contributed by atoms with E-state index >= 15 is 0 Å². The number of methoxy groups -OCH3 is 2. The molecule has 2 aromatic carbocycles. The number of nitrogens with one attached hydrogen (secondary N) is 3. The number of amides is 2. The van der Waals surface area contributed by atoms with Crippen LogP contribution in [-0.2, 0) is 28.7 Å². The summed E-state index contributed by atoms with van der Waals surface area (Å²) in [5, 5.41) is 8.32. The maximum absolute atomic E-state index is 13.7. The van der Waals surface area contributed by atoms with Gasteiger partial charge >= 0.3 is 11.9 Å². The van der Waals surface area contributed by atoms with Gasteiger partial charge in [-0.1, -0.05) is 52.0 Å². The van der Waals surface area contributed by atoms with Gasteiger partial charge in [-0.05, 0) is 43.2 Å². The average Bonchev–Trinajstić information content (AvgIpc) is 2.98. The van der Waals surface area contributed by atoms with Gasteiger partial charge in [-0.25, -0.2) is 0 Å². The molecule has 0 bridgehead atoms. The number of benzene rings is 2. The van der Waals surface area contributed by atoms with Gasteiger partial charge in [0, 0.05) is 17.5 Å². The molecule has 236 valence electrons. The molecular formula is C33H41N3O8. The van der Waals surface area contributed by atoms with E-state index in [0.29, 0.717) is 12.8 Å². The first kappa shape index (κ1) is 34.1. The van der Waals surface area contributed by atoms with E-state index in [2.05, 4.69) is 16.0 Å². The van der Waals surface area contributed by atoms with Crippen LogP contribution in [0.4, 0.5) is 11.4 Å². The van der Waals surface area contributed by atoms with Gasteiger partial charge in [0.1, 0.15) is 6.04 Å². The van der Waals surface area contributed by atoms with E-state index in [9.17, 15) is 28.8 Å². The van der Waals surface area contributed by atoms with Crippen molar-refractivity contribution < 1.29 is 38.2 Å². The monoisotopic (exact) mass is 607 g/mol. The second kappa shape index (κ2) is 15.4. The second-order valence-electron chi connectivity index (χ2n) is 11.7. The molecular weight excluding hydrogens is 566 g/mol. The zero-order chi connectivity index (χ0) is 32.6. The Morgan fingerprint density at radius 3 is 1.68 bits per heavy atom. The van der Waals surface area contributed by atoms with Gasteiger partial charge in [-0.15, -0.1) is 0 Å². The summed E-state index contributed by atoms with van der Waals surface area (Å²) in [6.45, 7) is 7.63. The zero-order valence-corrected chi connectivity index (χ0v) is 26.1. The Morgan fingerprint density at radius 2 is 1.20 bits per heavy atom. The third kappa shape index (κ3) is 8.37. The second-order valence-corrected chi connectivity index (χ2v) is 11.7. The van der Waals surface area contributed by atoms with Gasteiger partial charge in [-0.3, -0.25) is 34.1 Å². The SMILES string of the molecule is COC(=O)[C@@H](CCC(=O)Nc1cccc2c1C(=O)c1cccc(NC(=O)CN[C@@H](CC(C)C)C(=O)OC)c1C2=O)CC(C)C. The zero-order valence-electron chi connectivity index (χ0n) is 26.1. The lowest BCUT2D eigenvalue weighted by molar-refractivity contribution is -0.146. The van der Waals surface area contributed by atoms with Crippen molar-refractivity contribution in [1.82, 2.24) is 5.32 Å². The lowest BCUT2D eigenvalue weighted by Gasteiger charge is -2.23. The van der Waals surface area contributed by atoms with Gasteiger partial charge in [0.15, 0.2) is 11.6 Å². The topological polar surface area (TPSA) is 157 Å². The first-order valence-corrected chi connectivity index (χ1v) is 14.7. The van der Waals surface area contributed by atoms with Crippen LogP contribution in [0.25, 0.3) is 0 Å². The Labute approximate surface area is 257 Å². The van der Waals surface area contributed by atoms with Crippen molar-refractivity contribution in [2.24, 2.45) is 17.8 Å². The Bertz CT molecular complexity index is 1320. The van der Waals surface area contributed by atoms with Crippen molar-refractivity contribution in [3.05, 3.63) is 58.7 Å². The van der Waals surface area contributed by atoms with Crippen molar-refractivity contribution in [2.75, 3.05) is 31.4 Å². The molecule has 0 heterocycles. The molecule has 0 saturated heterocycles.